The van der Waals surface area contributed by atoms with Gasteiger partial charge in [-0.3, -0.25) is 0 Å². The van der Waals surface area contributed by atoms with E-state index in [-0.39, 0.29) is 28.5 Å². The molecule has 0 amide bonds. The van der Waals surface area contributed by atoms with Crippen LogP contribution in [0.5, 0.6) is 0 Å². The van der Waals surface area contributed by atoms with E-state index in [9.17, 15) is 0 Å². The fourth-order valence-corrected chi connectivity index (χ4v) is 4.38. The van der Waals surface area contributed by atoms with Crippen molar-refractivity contribution in [3.8, 4) is 0 Å². The molecule has 3 heterocycles. The number of hydrogen-bond acceptors (Lipinski definition) is 3. The molecule has 2 bridgehead atoms. The van der Waals surface area contributed by atoms with Crippen molar-refractivity contribution in [2.75, 3.05) is 0 Å². The van der Waals surface area contributed by atoms with Crippen LogP contribution in [0.2, 0.25) is 0 Å². The van der Waals surface area contributed by atoms with Crippen molar-refractivity contribution < 1.29 is 14.2 Å². The highest BCUT2D eigenvalue weighted by Crippen LogP contribution is 2.74. The molecule has 5 atom stereocenters. The molecule has 3 aliphatic rings. The van der Waals surface area contributed by atoms with Crippen LogP contribution in [-0.2, 0) is 20.8 Å². The molecule has 20 heavy (non-hydrogen) atoms. The lowest BCUT2D eigenvalue weighted by atomic mass is 9.68. The van der Waals surface area contributed by atoms with Gasteiger partial charge < -0.3 is 14.2 Å². The van der Waals surface area contributed by atoms with Gasteiger partial charge in [0.05, 0.1) is 12.7 Å². The van der Waals surface area contributed by atoms with Gasteiger partial charge in [-0.1, -0.05) is 30.3 Å². The molecule has 3 nitrogen and oxygen atoms in total. The topological polar surface area (TPSA) is 31.0 Å². The van der Waals surface area contributed by atoms with Gasteiger partial charge in [0, 0.05) is 6.42 Å². The highest BCUT2D eigenvalue weighted by molar-refractivity contribution is 5.38. The van der Waals surface area contributed by atoms with Crippen molar-refractivity contribution in [2.24, 2.45) is 0 Å². The van der Waals surface area contributed by atoms with Crippen LogP contribution >= 0.6 is 0 Å². The first-order chi connectivity index (χ1) is 9.35. The molecule has 3 heteroatoms. The molecule has 1 aromatic rings. The van der Waals surface area contributed by atoms with Crippen LogP contribution in [0, 0.1) is 0 Å². The van der Waals surface area contributed by atoms with Gasteiger partial charge in [0.1, 0.15) is 22.4 Å². The Hall–Kier alpha value is -0.900. The van der Waals surface area contributed by atoms with Gasteiger partial charge in [0.2, 0.25) is 0 Å². The highest BCUT2D eigenvalue weighted by atomic mass is 16.7. The van der Waals surface area contributed by atoms with E-state index in [4.69, 9.17) is 14.2 Å². The van der Waals surface area contributed by atoms with Crippen molar-refractivity contribution in [1.29, 1.82) is 0 Å². The minimum Gasteiger partial charge on any atom is -0.370 e. The summed E-state index contributed by atoms with van der Waals surface area (Å²) < 4.78 is 18.7. The summed E-state index contributed by atoms with van der Waals surface area (Å²) >= 11 is 0. The lowest BCUT2D eigenvalue weighted by Crippen LogP contribution is -2.52. The standard InChI is InChI=1S/C17H22O3/c1-14-10-13(18-11-12-8-6-5-7-9-12)15(2,19-14)17(4)16(14,3)20-17/h5-9,13H,10-11H2,1-4H3/t13-,14+,15-,16?,17?/m0/s1. The summed E-state index contributed by atoms with van der Waals surface area (Å²) in [6.45, 7) is 9.27. The zero-order chi connectivity index (χ0) is 14.2. The third-order valence-corrected chi connectivity index (χ3v) is 6.15. The Morgan fingerprint density at radius 1 is 1.05 bits per heavy atom. The first kappa shape index (κ1) is 12.8. The molecule has 3 aliphatic heterocycles. The molecule has 0 aliphatic carbocycles. The van der Waals surface area contributed by atoms with E-state index in [0.29, 0.717) is 6.61 Å². The Kier molecular flexibility index (Phi) is 2.22. The second-order valence-corrected chi connectivity index (χ2v) is 7.10. The van der Waals surface area contributed by atoms with Gasteiger partial charge in [0.25, 0.3) is 0 Å². The second kappa shape index (κ2) is 3.46. The van der Waals surface area contributed by atoms with Crippen LogP contribution in [0.15, 0.2) is 30.3 Å². The van der Waals surface area contributed by atoms with Crippen molar-refractivity contribution in [3.05, 3.63) is 35.9 Å². The summed E-state index contributed by atoms with van der Waals surface area (Å²) in [7, 11) is 0. The van der Waals surface area contributed by atoms with E-state index in [2.05, 4.69) is 39.8 Å². The van der Waals surface area contributed by atoms with Crippen LogP contribution in [0.4, 0.5) is 0 Å². The number of epoxide rings is 1. The van der Waals surface area contributed by atoms with Crippen molar-refractivity contribution >= 4 is 0 Å². The third-order valence-electron chi connectivity index (χ3n) is 6.15. The minimum atomic E-state index is -0.342. The van der Waals surface area contributed by atoms with E-state index >= 15 is 0 Å². The van der Waals surface area contributed by atoms with Gasteiger partial charge in [-0.2, -0.15) is 0 Å². The Labute approximate surface area is 120 Å². The molecular formula is C17H22O3. The minimum absolute atomic E-state index is 0.0910. The van der Waals surface area contributed by atoms with Crippen LogP contribution in [0.3, 0.4) is 0 Å². The second-order valence-electron chi connectivity index (χ2n) is 7.10. The number of hydrogen-bond donors (Lipinski definition) is 0. The molecular weight excluding hydrogens is 252 g/mol. The molecule has 0 aromatic heterocycles. The number of benzene rings is 1. The van der Waals surface area contributed by atoms with Crippen LogP contribution in [-0.4, -0.2) is 28.5 Å². The first-order valence-electron chi connectivity index (χ1n) is 7.41. The smallest absolute Gasteiger partial charge is 0.129 e. The van der Waals surface area contributed by atoms with Gasteiger partial charge in [-0.05, 0) is 33.3 Å². The van der Waals surface area contributed by atoms with E-state index < -0.39 is 0 Å². The van der Waals surface area contributed by atoms with Crippen molar-refractivity contribution in [2.45, 2.75) is 69.2 Å². The monoisotopic (exact) mass is 274 g/mol. The quantitative estimate of drug-likeness (QED) is 0.794. The lowest BCUT2D eigenvalue weighted by Gasteiger charge is -2.34. The maximum absolute atomic E-state index is 6.37. The van der Waals surface area contributed by atoms with Gasteiger partial charge in [-0.15, -0.1) is 0 Å². The highest BCUT2D eigenvalue weighted by Gasteiger charge is 2.91. The van der Waals surface area contributed by atoms with E-state index in [1.807, 2.05) is 18.2 Å². The van der Waals surface area contributed by atoms with Crippen LogP contribution in [0.1, 0.15) is 39.7 Å². The van der Waals surface area contributed by atoms with Crippen LogP contribution < -0.4 is 0 Å². The molecule has 0 radical (unpaired) electrons. The molecule has 0 spiro atoms. The van der Waals surface area contributed by atoms with E-state index in [0.717, 1.165) is 6.42 Å². The summed E-state index contributed by atoms with van der Waals surface area (Å²) in [6.07, 6.45) is 0.996. The van der Waals surface area contributed by atoms with Gasteiger partial charge in [0.15, 0.2) is 0 Å². The van der Waals surface area contributed by atoms with E-state index in [1.54, 1.807) is 0 Å². The number of ether oxygens (including phenoxy) is 3. The summed E-state index contributed by atoms with van der Waals surface area (Å²) in [6, 6.07) is 10.3. The maximum Gasteiger partial charge on any atom is 0.129 e. The number of rotatable bonds is 3. The molecule has 0 saturated carbocycles. The van der Waals surface area contributed by atoms with Crippen molar-refractivity contribution in [3.63, 3.8) is 0 Å². The summed E-state index contributed by atoms with van der Waals surface area (Å²) in [5, 5.41) is 0. The SMILES string of the molecule is CC12OC1(C)[C@@]1(C)O[C@]2(C)C[C@@H]1OCc1ccccc1. The Bertz CT molecular complexity index is 553. The maximum atomic E-state index is 6.37. The van der Waals surface area contributed by atoms with Gasteiger partial charge in [-0.25, -0.2) is 0 Å². The predicted octanol–water partition coefficient (Wildman–Crippen LogP) is 3.07. The zero-order valence-corrected chi connectivity index (χ0v) is 12.6. The average molecular weight is 274 g/mol. The Balaban J connectivity index is 1.55. The Morgan fingerprint density at radius 2 is 1.75 bits per heavy atom. The average Bonchev–Trinajstić information content (AvgIpc) is 2.86. The normalized spacial score (nSPS) is 52.1. The molecule has 0 N–H and O–H groups in total. The van der Waals surface area contributed by atoms with Gasteiger partial charge >= 0.3 is 0 Å². The lowest BCUT2D eigenvalue weighted by molar-refractivity contribution is -0.152. The van der Waals surface area contributed by atoms with Crippen LogP contribution in [0.25, 0.3) is 0 Å². The first-order valence-corrected chi connectivity index (χ1v) is 7.41. The molecule has 1 aromatic carbocycles. The van der Waals surface area contributed by atoms with E-state index in [1.165, 1.54) is 5.56 Å². The molecule has 3 fully saturated rings. The summed E-state index contributed by atoms with van der Waals surface area (Å²) in [5.41, 5.74) is 0.271. The molecule has 108 valence electrons. The number of fused-ring (bicyclic) bond motifs is 5. The largest absolute Gasteiger partial charge is 0.370 e. The fraction of sp³-hybridized carbons (Fsp3) is 0.647. The third kappa shape index (κ3) is 1.23. The van der Waals surface area contributed by atoms with Crippen molar-refractivity contribution in [1.82, 2.24) is 0 Å². The fourth-order valence-electron chi connectivity index (χ4n) is 4.38. The summed E-state index contributed by atoms with van der Waals surface area (Å²) in [5.74, 6) is 0. The summed E-state index contributed by atoms with van der Waals surface area (Å²) in [4.78, 5) is 0. The molecule has 4 rings (SSSR count). The Morgan fingerprint density at radius 3 is 2.35 bits per heavy atom. The zero-order valence-electron chi connectivity index (χ0n) is 12.6. The predicted molar refractivity (Wildman–Crippen MR) is 75.4 cm³/mol. The molecule has 3 saturated heterocycles. The molecule has 2 unspecified atom stereocenters.